The van der Waals surface area contributed by atoms with Crippen LogP contribution in [-0.2, 0) is 42.9 Å². The summed E-state index contributed by atoms with van der Waals surface area (Å²) in [5, 5.41) is 5.81. The summed E-state index contributed by atoms with van der Waals surface area (Å²) in [5.41, 5.74) is 2.95. The summed E-state index contributed by atoms with van der Waals surface area (Å²) >= 11 is 5.57. The number of nitrogens with zero attached hydrogens (tertiary/aromatic N) is 2. The molecule has 3 aromatic rings. The summed E-state index contributed by atoms with van der Waals surface area (Å²) in [4.78, 5) is 57.1. The molecule has 0 spiro atoms. The van der Waals surface area contributed by atoms with Gasteiger partial charge in [0.1, 0.15) is 12.7 Å². The van der Waals surface area contributed by atoms with Gasteiger partial charge < -0.3 is 34.3 Å². The quantitative estimate of drug-likeness (QED) is 0.200. The van der Waals surface area contributed by atoms with Crippen LogP contribution in [0.5, 0.6) is 0 Å². The fraction of sp³-hybridized carbons (Fsp3) is 0.323. The molecular formula is C31H32N4O9S. The Hall–Kier alpha value is -4.95. The maximum absolute atomic E-state index is 12.1. The largest absolute Gasteiger partial charge is 0.463 e. The second kappa shape index (κ2) is 15.2. The molecule has 1 aliphatic heterocycles. The second-order valence-corrected chi connectivity index (χ2v) is 10.3. The van der Waals surface area contributed by atoms with Gasteiger partial charge in [0.15, 0.2) is 29.7 Å². The Kier molecular flexibility index (Phi) is 11.1. The zero-order chi connectivity index (χ0) is 32.5. The van der Waals surface area contributed by atoms with Crippen LogP contribution in [0.15, 0.2) is 66.7 Å². The summed E-state index contributed by atoms with van der Waals surface area (Å²) in [6, 6.07) is 20.9. The lowest BCUT2D eigenvalue weighted by atomic mass is 9.97. The van der Waals surface area contributed by atoms with E-state index < -0.39 is 54.5 Å². The van der Waals surface area contributed by atoms with Gasteiger partial charge in [0.25, 0.3) is 0 Å². The highest BCUT2D eigenvalue weighted by Crippen LogP contribution is 2.29. The van der Waals surface area contributed by atoms with Gasteiger partial charge >= 0.3 is 23.9 Å². The molecule has 0 saturated carbocycles. The maximum atomic E-state index is 12.1. The molecule has 2 aromatic carbocycles. The molecule has 5 unspecified atom stereocenters. The van der Waals surface area contributed by atoms with E-state index in [1.807, 2.05) is 66.7 Å². The van der Waals surface area contributed by atoms with Gasteiger partial charge in [-0.1, -0.05) is 60.7 Å². The van der Waals surface area contributed by atoms with Crippen LogP contribution < -0.4 is 10.6 Å². The Morgan fingerprint density at radius 1 is 0.733 bits per heavy atom. The van der Waals surface area contributed by atoms with Crippen LogP contribution in [0.25, 0.3) is 22.5 Å². The molecular weight excluding hydrogens is 604 g/mol. The molecule has 45 heavy (non-hydrogen) atoms. The van der Waals surface area contributed by atoms with E-state index in [0.29, 0.717) is 11.4 Å². The van der Waals surface area contributed by atoms with Gasteiger partial charge in [-0.25, -0.2) is 9.97 Å². The number of thiocarbonyl (C=S) groups is 1. The van der Waals surface area contributed by atoms with Gasteiger partial charge in [0, 0.05) is 38.8 Å². The van der Waals surface area contributed by atoms with Crippen molar-refractivity contribution in [2.75, 3.05) is 11.9 Å². The number of ether oxygens (including phenoxy) is 5. The highest BCUT2D eigenvalue weighted by Gasteiger charge is 2.52. The smallest absolute Gasteiger partial charge is 0.303 e. The van der Waals surface area contributed by atoms with E-state index in [-0.39, 0.29) is 17.7 Å². The van der Waals surface area contributed by atoms with Crippen LogP contribution in [0.2, 0.25) is 0 Å². The lowest BCUT2D eigenvalue weighted by Gasteiger charge is -2.44. The number of aromatic nitrogens is 2. The number of hydrogen-bond donors (Lipinski definition) is 2. The van der Waals surface area contributed by atoms with Crippen molar-refractivity contribution in [3.8, 4) is 22.5 Å². The number of hydrogen-bond acceptors (Lipinski definition) is 12. The molecule has 0 radical (unpaired) electrons. The van der Waals surface area contributed by atoms with Crippen LogP contribution >= 0.6 is 12.2 Å². The molecule has 1 aliphatic rings. The van der Waals surface area contributed by atoms with E-state index in [2.05, 4.69) is 20.6 Å². The first-order valence-corrected chi connectivity index (χ1v) is 14.3. The van der Waals surface area contributed by atoms with Crippen molar-refractivity contribution >= 4 is 47.2 Å². The Morgan fingerprint density at radius 3 is 1.71 bits per heavy atom. The number of carbonyl (C=O) groups excluding carboxylic acids is 4. The highest BCUT2D eigenvalue weighted by atomic mass is 32.1. The van der Waals surface area contributed by atoms with Crippen molar-refractivity contribution in [1.82, 2.24) is 15.3 Å². The number of rotatable bonds is 9. The summed E-state index contributed by atoms with van der Waals surface area (Å²) in [7, 11) is 0. The summed E-state index contributed by atoms with van der Waals surface area (Å²) in [5.74, 6) is -2.70. The molecule has 14 heteroatoms. The van der Waals surface area contributed by atoms with Crippen molar-refractivity contribution in [2.45, 2.75) is 58.3 Å². The minimum atomic E-state index is -1.35. The molecule has 5 atom stereocenters. The summed E-state index contributed by atoms with van der Waals surface area (Å²) in [6.45, 7) is 4.25. The first-order valence-electron chi connectivity index (χ1n) is 13.9. The number of anilines is 1. The molecule has 0 aliphatic carbocycles. The molecule has 0 bridgehead atoms. The van der Waals surface area contributed by atoms with Gasteiger partial charge in [0.05, 0.1) is 11.4 Å². The Balaban J connectivity index is 1.66. The van der Waals surface area contributed by atoms with Gasteiger partial charge in [0.2, 0.25) is 5.95 Å². The number of nitrogens with one attached hydrogen (secondary N) is 2. The Bertz CT molecular complexity index is 1480. The van der Waals surface area contributed by atoms with E-state index in [4.69, 9.17) is 35.9 Å². The van der Waals surface area contributed by atoms with E-state index in [0.717, 1.165) is 31.9 Å². The zero-order valence-corrected chi connectivity index (χ0v) is 25.7. The molecule has 4 rings (SSSR count). The fourth-order valence-electron chi connectivity index (χ4n) is 4.63. The third-order valence-corrected chi connectivity index (χ3v) is 6.57. The minimum Gasteiger partial charge on any atom is -0.463 e. The Morgan fingerprint density at radius 2 is 1.22 bits per heavy atom. The average molecular weight is 637 g/mol. The number of benzene rings is 2. The van der Waals surface area contributed by atoms with Gasteiger partial charge in [-0.3, -0.25) is 19.2 Å². The monoisotopic (exact) mass is 636 g/mol. The molecule has 1 aromatic heterocycles. The standard InChI is InChI=1S/C31H32N4O9S/c1-17(36)40-16-25-26(41-18(2)37)27(42-19(3)38)28(43-20(4)39)29(44-25)34-31(45)35-30-32-23(21-11-7-5-8-12-21)15-24(33-30)22-13-9-6-10-14-22/h5-15,25-29H,16H2,1-4H3,(H2,32,33,34,35,45). The zero-order valence-electron chi connectivity index (χ0n) is 24.9. The van der Waals surface area contributed by atoms with Crippen LogP contribution in [0.1, 0.15) is 27.7 Å². The number of esters is 4. The van der Waals surface area contributed by atoms with Crippen LogP contribution in [0.3, 0.4) is 0 Å². The van der Waals surface area contributed by atoms with Crippen molar-refractivity contribution in [2.24, 2.45) is 0 Å². The van der Waals surface area contributed by atoms with E-state index in [1.165, 1.54) is 6.92 Å². The maximum Gasteiger partial charge on any atom is 0.303 e. The molecule has 1 fully saturated rings. The van der Waals surface area contributed by atoms with Crippen LogP contribution in [0, 0.1) is 0 Å². The number of carbonyl (C=O) groups is 4. The first kappa shape index (κ1) is 33.0. The summed E-state index contributed by atoms with van der Waals surface area (Å²) < 4.78 is 27.6. The lowest BCUT2D eigenvalue weighted by Crippen LogP contribution is -2.66. The topological polar surface area (TPSA) is 164 Å². The SMILES string of the molecule is CC(=O)OCC1OC(NC(=S)Nc2nc(-c3ccccc3)cc(-c3ccccc3)n2)C(OC(C)=O)C(OC(C)=O)C1OC(C)=O. The molecule has 2 N–H and O–H groups in total. The third-order valence-electron chi connectivity index (χ3n) is 6.35. The van der Waals surface area contributed by atoms with E-state index in [9.17, 15) is 19.2 Å². The van der Waals surface area contributed by atoms with Crippen molar-refractivity contribution in [3.05, 3.63) is 66.7 Å². The molecule has 0 amide bonds. The second-order valence-electron chi connectivity index (χ2n) is 9.91. The molecule has 2 heterocycles. The van der Waals surface area contributed by atoms with Crippen molar-refractivity contribution in [3.63, 3.8) is 0 Å². The molecule has 1 saturated heterocycles. The first-order chi connectivity index (χ1) is 21.5. The lowest BCUT2D eigenvalue weighted by molar-refractivity contribution is -0.254. The minimum absolute atomic E-state index is 0.0416. The van der Waals surface area contributed by atoms with Crippen LogP contribution in [0.4, 0.5) is 5.95 Å². The third kappa shape index (κ3) is 9.27. The van der Waals surface area contributed by atoms with E-state index in [1.54, 1.807) is 0 Å². The predicted octanol–water partition coefficient (Wildman–Crippen LogP) is 3.18. The van der Waals surface area contributed by atoms with Crippen molar-refractivity contribution in [1.29, 1.82) is 0 Å². The van der Waals surface area contributed by atoms with Gasteiger partial charge in [-0.2, -0.15) is 0 Å². The summed E-state index contributed by atoms with van der Waals surface area (Å²) in [6.07, 6.45) is -6.41. The molecule has 13 nitrogen and oxygen atoms in total. The van der Waals surface area contributed by atoms with Gasteiger partial charge in [-0.15, -0.1) is 0 Å². The predicted molar refractivity (Wildman–Crippen MR) is 164 cm³/mol. The average Bonchev–Trinajstić information content (AvgIpc) is 2.99. The highest BCUT2D eigenvalue weighted by molar-refractivity contribution is 7.80. The normalized spacial score (nSPS) is 20.7. The van der Waals surface area contributed by atoms with E-state index >= 15 is 0 Å². The fourth-order valence-corrected chi connectivity index (χ4v) is 4.84. The Labute approximate surface area is 264 Å². The molecule has 236 valence electrons. The van der Waals surface area contributed by atoms with Gasteiger partial charge in [-0.05, 0) is 18.3 Å². The van der Waals surface area contributed by atoms with Crippen molar-refractivity contribution < 1.29 is 42.9 Å². The van der Waals surface area contributed by atoms with Crippen LogP contribution in [-0.4, -0.2) is 76.2 Å².